The Morgan fingerprint density at radius 1 is 1.09 bits per heavy atom. The van der Waals surface area contributed by atoms with Gasteiger partial charge in [-0.25, -0.2) is 9.29 Å². The summed E-state index contributed by atoms with van der Waals surface area (Å²) in [5, 5.41) is 15.2. The van der Waals surface area contributed by atoms with Crippen LogP contribution in [0.15, 0.2) is 47.6 Å². The van der Waals surface area contributed by atoms with Crippen LogP contribution in [0.25, 0.3) is 0 Å². The molecule has 3 fully saturated rings. The summed E-state index contributed by atoms with van der Waals surface area (Å²) in [6, 6.07) is 9.95. The van der Waals surface area contributed by atoms with Crippen molar-refractivity contribution in [2.75, 3.05) is 4.90 Å². The number of carbonyl (C=O) groups is 2. The molecule has 0 aromatic heterocycles. The van der Waals surface area contributed by atoms with E-state index in [-0.39, 0.29) is 52.1 Å². The minimum atomic E-state index is -0.629. The van der Waals surface area contributed by atoms with Crippen molar-refractivity contribution in [3.8, 4) is 0 Å². The van der Waals surface area contributed by atoms with Gasteiger partial charge in [-0.3, -0.25) is 19.7 Å². The summed E-state index contributed by atoms with van der Waals surface area (Å²) in [6.07, 6.45) is 0.290. The molecule has 4 aliphatic rings. The molecule has 0 radical (unpaired) electrons. The number of amides is 2. The Hall–Kier alpha value is -3.33. The number of benzene rings is 2. The Balaban J connectivity index is 1.34. The first-order chi connectivity index (χ1) is 15.4. The summed E-state index contributed by atoms with van der Waals surface area (Å²) in [5.74, 6) is -2.95. The number of oxime groups is 1. The van der Waals surface area contributed by atoms with Crippen LogP contribution < -0.4 is 4.90 Å². The molecule has 2 aliphatic heterocycles. The summed E-state index contributed by atoms with van der Waals surface area (Å²) >= 11 is 5.87. The van der Waals surface area contributed by atoms with Crippen LogP contribution in [-0.4, -0.2) is 28.6 Å². The predicted octanol–water partition coefficient (Wildman–Crippen LogP) is 3.56. The summed E-state index contributed by atoms with van der Waals surface area (Å²) in [5.41, 5.74) is 1.35. The lowest BCUT2D eigenvalue weighted by atomic mass is 9.71. The summed E-state index contributed by atoms with van der Waals surface area (Å²) < 4.78 is 13.6. The Bertz CT molecular complexity index is 1250. The zero-order valence-electron chi connectivity index (χ0n) is 16.4. The maximum absolute atomic E-state index is 13.6. The van der Waals surface area contributed by atoms with Gasteiger partial charge in [0, 0.05) is 29.5 Å². The second-order valence-electron chi connectivity index (χ2n) is 8.61. The Morgan fingerprint density at radius 2 is 1.84 bits per heavy atom. The molecule has 10 heteroatoms. The number of non-ortho nitro benzene ring substituents is 1. The van der Waals surface area contributed by atoms with Crippen LogP contribution in [0.4, 0.5) is 15.8 Å². The van der Waals surface area contributed by atoms with Crippen molar-refractivity contribution >= 4 is 40.5 Å². The zero-order chi connectivity index (χ0) is 22.3. The van der Waals surface area contributed by atoms with E-state index in [0.717, 1.165) is 11.0 Å². The third-order valence-electron chi connectivity index (χ3n) is 7.20. The molecule has 0 N–H and O–H groups in total. The van der Waals surface area contributed by atoms with Gasteiger partial charge in [0.15, 0.2) is 0 Å². The number of nitrogens with zero attached hydrogens (tertiary/aromatic N) is 3. The number of hydrogen-bond donors (Lipinski definition) is 0. The lowest BCUT2D eigenvalue weighted by Crippen LogP contribution is -2.41. The molecule has 1 saturated heterocycles. The highest BCUT2D eigenvalue weighted by atomic mass is 35.5. The highest BCUT2D eigenvalue weighted by Crippen LogP contribution is 2.62. The van der Waals surface area contributed by atoms with Crippen LogP contribution in [0.1, 0.15) is 12.0 Å². The summed E-state index contributed by atoms with van der Waals surface area (Å²) in [7, 11) is 0. The van der Waals surface area contributed by atoms with E-state index in [0.29, 0.717) is 17.7 Å². The van der Waals surface area contributed by atoms with Crippen molar-refractivity contribution in [3.63, 3.8) is 0 Å². The van der Waals surface area contributed by atoms with Crippen LogP contribution in [-0.2, 0) is 14.4 Å². The van der Waals surface area contributed by atoms with Gasteiger partial charge in [0.1, 0.15) is 11.9 Å². The molecular formula is C22H15ClFN3O5. The molecule has 2 heterocycles. The fourth-order valence-corrected chi connectivity index (χ4v) is 6.20. The maximum Gasteiger partial charge on any atom is 0.270 e. The quantitative estimate of drug-likeness (QED) is 0.400. The fourth-order valence-electron chi connectivity index (χ4n) is 6.02. The number of carbonyl (C=O) groups excluding carboxylic acids is 2. The minimum Gasteiger partial charge on any atom is -0.391 e. The van der Waals surface area contributed by atoms with Gasteiger partial charge in [-0.05, 0) is 30.5 Å². The number of hydrogen-bond acceptors (Lipinski definition) is 6. The number of fused-ring (bicyclic) bond motifs is 8. The van der Waals surface area contributed by atoms with E-state index in [1.807, 2.05) is 0 Å². The number of imide groups is 1. The van der Waals surface area contributed by atoms with Crippen molar-refractivity contribution in [1.29, 1.82) is 0 Å². The largest absolute Gasteiger partial charge is 0.391 e. The Labute approximate surface area is 185 Å². The molecule has 2 bridgehead atoms. The smallest absolute Gasteiger partial charge is 0.270 e. The topological polar surface area (TPSA) is 102 Å². The van der Waals surface area contributed by atoms with E-state index in [1.54, 1.807) is 12.1 Å². The van der Waals surface area contributed by atoms with Crippen molar-refractivity contribution in [2.24, 2.45) is 34.7 Å². The summed E-state index contributed by atoms with van der Waals surface area (Å²) in [6.45, 7) is 0. The SMILES string of the molecule is O=C1[C@@H]2[C@H]3C[C@@H]([C@@H]4C(c5cccc([N+](=O)[O-])c5)=NO[C@@H]34)[C@@H]2C(=O)N1c1ccc(F)c(Cl)c1. The van der Waals surface area contributed by atoms with E-state index in [2.05, 4.69) is 5.16 Å². The molecule has 32 heavy (non-hydrogen) atoms. The van der Waals surface area contributed by atoms with Crippen LogP contribution in [0, 0.1) is 45.5 Å². The van der Waals surface area contributed by atoms with Gasteiger partial charge in [-0.15, -0.1) is 0 Å². The first-order valence-electron chi connectivity index (χ1n) is 10.2. The monoisotopic (exact) mass is 455 g/mol. The lowest BCUT2D eigenvalue weighted by Gasteiger charge is -2.29. The van der Waals surface area contributed by atoms with Gasteiger partial charge < -0.3 is 4.84 Å². The number of rotatable bonds is 3. The molecule has 6 atom stereocenters. The minimum absolute atomic E-state index is 0.0545. The maximum atomic E-state index is 13.6. The third kappa shape index (κ3) is 2.45. The van der Waals surface area contributed by atoms with Crippen molar-refractivity contribution in [1.82, 2.24) is 0 Å². The first kappa shape index (κ1) is 19.4. The van der Waals surface area contributed by atoms with E-state index < -0.39 is 22.6 Å². The molecule has 8 nitrogen and oxygen atoms in total. The fraction of sp³-hybridized carbons (Fsp3) is 0.318. The van der Waals surface area contributed by atoms with Crippen LogP contribution >= 0.6 is 11.6 Å². The molecule has 6 rings (SSSR count). The van der Waals surface area contributed by atoms with E-state index in [1.165, 1.54) is 24.3 Å². The lowest BCUT2D eigenvalue weighted by molar-refractivity contribution is -0.384. The zero-order valence-corrected chi connectivity index (χ0v) is 17.1. The van der Waals surface area contributed by atoms with Crippen LogP contribution in [0.5, 0.6) is 0 Å². The first-order valence-corrected chi connectivity index (χ1v) is 10.6. The standard InChI is InChI=1S/C22H15ClFN3O5/c23-14-7-10(4-5-15(14)24)26-21(28)16-12-8-13(17(16)22(26)29)20-18(12)19(25-32-20)9-2-1-3-11(6-9)27(30)31/h1-7,12-13,16-18,20H,8H2/t12-,13-,16+,17-,18-,20+/m1/s1. The van der Waals surface area contributed by atoms with Crippen molar-refractivity contribution < 1.29 is 23.7 Å². The van der Waals surface area contributed by atoms with Gasteiger partial charge in [0.2, 0.25) is 11.8 Å². The average Bonchev–Trinajstić information content (AvgIpc) is 3.50. The molecule has 0 unspecified atom stereocenters. The number of halogens is 2. The molecule has 0 spiro atoms. The van der Waals surface area contributed by atoms with Gasteiger partial charge in [0.25, 0.3) is 5.69 Å². The van der Waals surface area contributed by atoms with Crippen molar-refractivity contribution in [3.05, 3.63) is 69.0 Å². The van der Waals surface area contributed by atoms with Crippen LogP contribution in [0.2, 0.25) is 5.02 Å². The van der Waals surface area contributed by atoms with Gasteiger partial charge >= 0.3 is 0 Å². The second kappa shape index (κ2) is 6.59. The molecule has 2 amide bonds. The average molecular weight is 456 g/mol. The normalized spacial score (nSPS) is 32.1. The molecule has 2 saturated carbocycles. The molecule has 2 aromatic rings. The van der Waals surface area contributed by atoms with E-state index in [9.17, 15) is 24.1 Å². The molecule has 162 valence electrons. The number of nitro groups is 1. The Kier molecular flexibility index (Phi) is 3.98. The van der Waals surface area contributed by atoms with E-state index in [4.69, 9.17) is 16.4 Å². The Morgan fingerprint density at radius 3 is 2.56 bits per heavy atom. The van der Waals surface area contributed by atoms with E-state index >= 15 is 0 Å². The second-order valence-corrected chi connectivity index (χ2v) is 9.01. The third-order valence-corrected chi connectivity index (χ3v) is 7.49. The number of nitro benzene ring substituents is 1. The molecule has 2 aliphatic carbocycles. The molecule has 2 aromatic carbocycles. The summed E-state index contributed by atoms with van der Waals surface area (Å²) in [4.78, 5) is 44.1. The highest BCUT2D eigenvalue weighted by Gasteiger charge is 2.70. The van der Waals surface area contributed by atoms with Crippen LogP contribution in [0.3, 0.4) is 0 Å². The van der Waals surface area contributed by atoms with Gasteiger partial charge in [-0.2, -0.15) is 0 Å². The highest BCUT2D eigenvalue weighted by molar-refractivity contribution is 6.31. The van der Waals surface area contributed by atoms with Gasteiger partial charge in [-0.1, -0.05) is 28.9 Å². The van der Waals surface area contributed by atoms with Crippen molar-refractivity contribution in [2.45, 2.75) is 12.5 Å². The number of anilines is 1. The molecular weight excluding hydrogens is 441 g/mol. The predicted molar refractivity (Wildman–Crippen MR) is 110 cm³/mol. The van der Waals surface area contributed by atoms with Gasteiger partial charge in [0.05, 0.1) is 33.2 Å².